The van der Waals surface area contributed by atoms with Crippen LogP contribution >= 0.6 is 12.2 Å². The minimum Gasteiger partial charge on any atom is -0.389 e. The fourth-order valence-corrected chi connectivity index (χ4v) is 2.08. The maximum Gasteiger partial charge on any atom is 0.224 e. The molecular formula is C16H24N2O2S. The van der Waals surface area contributed by atoms with Gasteiger partial charge >= 0.3 is 0 Å². The number of amides is 1. The Morgan fingerprint density at radius 2 is 2.05 bits per heavy atom. The SMILES string of the molecule is CCCC(C)OCCCC(=O)Nc1ccc(C(N)=S)cc1. The summed E-state index contributed by atoms with van der Waals surface area (Å²) < 4.78 is 5.62. The molecule has 0 heterocycles. The van der Waals surface area contributed by atoms with Crippen molar-refractivity contribution in [3.05, 3.63) is 29.8 Å². The molecule has 21 heavy (non-hydrogen) atoms. The highest BCUT2D eigenvalue weighted by Gasteiger charge is 2.05. The number of hydrogen-bond acceptors (Lipinski definition) is 3. The molecule has 3 N–H and O–H groups in total. The number of ether oxygens (including phenoxy) is 1. The molecule has 0 saturated heterocycles. The number of anilines is 1. The van der Waals surface area contributed by atoms with E-state index in [-0.39, 0.29) is 12.0 Å². The summed E-state index contributed by atoms with van der Waals surface area (Å²) in [6, 6.07) is 7.19. The molecule has 0 saturated carbocycles. The summed E-state index contributed by atoms with van der Waals surface area (Å²) in [5.74, 6) is -0.00943. The van der Waals surface area contributed by atoms with Crippen LogP contribution in [0.2, 0.25) is 0 Å². The lowest BCUT2D eigenvalue weighted by Crippen LogP contribution is -2.14. The van der Waals surface area contributed by atoms with Gasteiger partial charge in [0.05, 0.1) is 6.10 Å². The quantitative estimate of drug-likeness (QED) is 0.543. The summed E-state index contributed by atoms with van der Waals surface area (Å²) in [6.45, 7) is 4.82. The molecule has 116 valence electrons. The van der Waals surface area contributed by atoms with Crippen LogP contribution in [0.1, 0.15) is 45.1 Å². The molecule has 5 heteroatoms. The van der Waals surface area contributed by atoms with Gasteiger partial charge in [-0.05, 0) is 44.0 Å². The Bertz CT molecular complexity index is 460. The van der Waals surface area contributed by atoms with Gasteiger partial charge in [-0.2, -0.15) is 0 Å². The van der Waals surface area contributed by atoms with Crippen molar-refractivity contribution in [3.8, 4) is 0 Å². The van der Waals surface area contributed by atoms with Gasteiger partial charge in [-0.15, -0.1) is 0 Å². The van der Waals surface area contributed by atoms with Crippen LogP contribution in [0.5, 0.6) is 0 Å². The van der Waals surface area contributed by atoms with Gasteiger partial charge in [-0.1, -0.05) is 25.6 Å². The van der Waals surface area contributed by atoms with Crippen LogP contribution in [0, 0.1) is 0 Å². The van der Waals surface area contributed by atoms with Crippen LogP contribution in [-0.4, -0.2) is 23.6 Å². The molecule has 0 spiro atoms. The van der Waals surface area contributed by atoms with Crippen molar-refractivity contribution < 1.29 is 9.53 Å². The van der Waals surface area contributed by atoms with Crippen LogP contribution < -0.4 is 11.1 Å². The summed E-state index contributed by atoms with van der Waals surface area (Å²) in [5.41, 5.74) is 7.07. The van der Waals surface area contributed by atoms with Crippen LogP contribution in [0.3, 0.4) is 0 Å². The predicted octanol–water partition coefficient (Wildman–Crippen LogP) is 3.24. The summed E-state index contributed by atoms with van der Waals surface area (Å²) in [5, 5.41) is 2.84. The van der Waals surface area contributed by atoms with Crippen LogP contribution in [0.25, 0.3) is 0 Å². The van der Waals surface area contributed by atoms with Gasteiger partial charge in [0.2, 0.25) is 5.91 Å². The first-order valence-electron chi connectivity index (χ1n) is 7.34. The number of benzene rings is 1. The zero-order chi connectivity index (χ0) is 15.7. The van der Waals surface area contributed by atoms with Gasteiger partial charge < -0.3 is 15.8 Å². The average molecular weight is 308 g/mol. The van der Waals surface area contributed by atoms with Gasteiger partial charge in [-0.3, -0.25) is 4.79 Å². The topological polar surface area (TPSA) is 64.3 Å². The lowest BCUT2D eigenvalue weighted by Gasteiger charge is -2.11. The van der Waals surface area contributed by atoms with Crippen molar-refractivity contribution in [2.75, 3.05) is 11.9 Å². The number of hydrogen-bond donors (Lipinski definition) is 2. The number of nitrogens with one attached hydrogen (secondary N) is 1. The number of nitrogens with two attached hydrogens (primary N) is 1. The highest BCUT2D eigenvalue weighted by molar-refractivity contribution is 7.80. The number of rotatable bonds is 9. The van der Waals surface area contributed by atoms with Crippen molar-refractivity contribution in [3.63, 3.8) is 0 Å². The number of carbonyl (C=O) groups is 1. The molecule has 0 radical (unpaired) electrons. The first kappa shape index (κ1) is 17.6. The molecule has 0 fully saturated rings. The Morgan fingerprint density at radius 1 is 1.38 bits per heavy atom. The molecular weight excluding hydrogens is 284 g/mol. The molecule has 0 aromatic heterocycles. The molecule has 1 rings (SSSR count). The fourth-order valence-electron chi connectivity index (χ4n) is 1.95. The summed E-state index contributed by atoms with van der Waals surface area (Å²) in [6.07, 6.45) is 3.62. The normalized spacial score (nSPS) is 11.9. The van der Waals surface area contributed by atoms with E-state index in [1.165, 1.54) is 0 Å². The molecule has 1 aromatic rings. The molecule has 0 aliphatic rings. The van der Waals surface area contributed by atoms with E-state index in [2.05, 4.69) is 19.2 Å². The van der Waals surface area contributed by atoms with Crippen molar-refractivity contribution >= 4 is 28.8 Å². The van der Waals surface area contributed by atoms with Gasteiger partial charge in [0, 0.05) is 24.3 Å². The Balaban J connectivity index is 2.26. The minimum absolute atomic E-state index is 0.00943. The van der Waals surface area contributed by atoms with E-state index >= 15 is 0 Å². The fraction of sp³-hybridized carbons (Fsp3) is 0.500. The molecule has 4 nitrogen and oxygen atoms in total. The van der Waals surface area contributed by atoms with E-state index in [0.717, 1.165) is 30.5 Å². The van der Waals surface area contributed by atoms with E-state index < -0.39 is 0 Å². The lowest BCUT2D eigenvalue weighted by atomic mass is 10.2. The molecule has 0 aliphatic heterocycles. The average Bonchev–Trinajstić information content (AvgIpc) is 2.44. The van der Waals surface area contributed by atoms with Crippen molar-refractivity contribution in [1.82, 2.24) is 0 Å². The third kappa shape index (κ3) is 7.20. The predicted molar refractivity (Wildman–Crippen MR) is 90.5 cm³/mol. The lowest BCUT2D eigenvalue weighted by molar-refractivity contribution is -0.116. The zero-order valence-corrected chi connectivity index (χ0v) is 13.5. The first-order valence-corrected chi connectivity index (χ1v) is 7.75. The molecule has 1 unspecified atom stereocenters. The third-order valence-corrected chi connectivity index (χ3v) is 3.33. The van der Waals surface area contributed by atoms with Crippen molar-refractivity contribution in [1.29, 1.82) is 0 Å². The van der Waals surface area contributed by atoms with Crippen LogP contribution in [-0.2, 0) is 9.53 Å². The second kappa shape index (κ2) is 9.47. The largest absolute Gasteiger partial charge is 0.389 e. The summed E-state index contributed by atoms with van der Waals surface area (Å²) in [4.78, 5) is 12.1. The third-order valence-electron chi connectivity index (χ3n) is 3.10. The smallest absolute Gasteiger partial charge is 0.224 e. The second-order valence-corrected chi connectivity index (χ2v) is 5.50. The Kier molecular flexibility index (Phi) is 7.93. The van der Waals surface area contributed by atoms with Crippen LogP contribution in [0.15, 0.2) is 24.3 Å². The van der Waals surface area contributed by atoms with Crippen molar-refractivity contribution in [2.45, 2.75) is 45.6 Å². The number of thiocarbonyl (C=S) groups is 1. The second-order valence-electron chi connectivity index (χ2n) is 5.06. The Hall–Kier alpha value is -1.46. The van der Waals surface area contributed by atoms with Gasteiger partial charge in [0.15, 0.2) is 0 Å². The molecule has 0 bridgehead atoms. The summed E-state index contributed by atoms with van der Waals surface area (Å²) in [7, 11) is 0. The Morgan fingerprint density at radius 3 is 2.62 bits per heavy atom. The maximum atomic E-state index is 11.8. The minimum atomic E-state index is -0.00943. The summed E-state index contributed by atoms with van der Waals surface area (Å²) >= 11 is 4.88. The van der Waals surface area contributed by atoms with Gasteiger partial charge in [-0.25, -0.2) is 0 Å². The zero-order valence-electron chi connectivity index (χ0n) is 12.7. The van der Waals surface area contributed by atoms with Crippen LogP contribution in [0.4, 0.5) is 5.69 Å². The standard InChI is InChI=1S/C16H24N2O2S/c1-3-5-12(2)20-11-4-6-15(19)18-14-9-7-13(8-10-14)16(17)21/h7-10,12H,3-6,11H2,1-2H3,(H2,17,21)(H,18,19). The molecule has 1 atom stereocenters. The number of carbonyl (C=O) groups excluding carboxylic acids is 1. The monoisotopic (exact) mass is 308 g/mol. The maximum absolute atomic E-state index is 11.8. The molecule has 0 aliphatic carbocycles. The highest BCUT2D eigenvalue weighted by atomic mass is 32.1. The molecule has 1 aromatic carbocycles. The first-order chi connectivity index (χ1) is 10.0. The van der Waals surface area contributed by atoms with Gasteiger partial charge in [0.1, 0.15) is 4.99 Å². The van der Waals surface area contributed by atoms with E-state index in [1.54, 1.807) is 24.3 Å². The van der Waals surface area contributed by atoms with E-state index in [9.17, 15) is 4.79 Å². The van der Waals surface area contributed by atoms with E-state index in [4.69, 9.17) is 22.7 Å². The van der Waals surface area contributed by atoms with Crippen molar-refractivity contribution in [2.24, 2.45) is 5.73 Å². The molecule has 1 amide bonds. The highest BCUT2D eigenvalue weighted by Crippen LogP contribution is 2.10. The Labute approximate surface area is 132 Å². The van der Waals surface area contributed by atoms with E-state index in [1.807, 2.05) is 0 Å². The van der Waals surface area contributed by atoms with Gasteiger partial charge in [0.25, 0.3) is 0 Å². The van der Waals surface area contributed by atoms with E-state index in [0.29, 0.717) is 18.0 Å².